The molecule has 1 atom stereocenters. The van der Waals surface area contributed by atoms with Crippen molar-refractivity contribution in [3.8, 4) is 0 Å². The van der Waals surface area contributed by atoms with E-state index in [1.54, 1.807) is 4.90 Å². The molecule has 7 heteroatoms. The largest absolute Gasteiger partial charge is 0.401 e. The van der Waals surface area contributed by atoms with Crippen molar-refractivity contribution in [2.45, 2.75) is 32.5 Å². The van der Waals surface area contributed by atoms with E-state index < -0.39 is 18.8 Å². The highest BCUT2D eigenvalue weighted by atomic mass is 19.4. The summed E-state index contributed by atoms with van der Waals surface area (Å²) in [5, 5.41) is 0. The Labute approximate surface area is 111 Å². The third-order valence-corrected chi connectivity index (χ3v) is 3.13. The number of hydrogen-bond donors (Lipinski definition) is 1. The quantitative estimate of drug-likeness (QED) is 0.838. The minimum absolute atomic E-state index is 0.152. The summed E-state index contributed by atoms with van der Waals surface area (Å²) in [6.07, 6.45) is -3.58. The molecule has 0 bridgehead atoms. The van der Waals surface area contributed by atoms with Gasteiger partial charge in [-0.1, -0.05) is 13.8 Å². The van der Waals surface area contributed by atoms with Crippen LogP contribution in [0.25, 0.3) is 0 Å². The normalized spacial score (nSPS) is 19.8. The fraction of sp³-hybridized carbons (Fsp3) is 0.917. The summed E-state index contributed by atoms with van der Waals surface area (Å²) in [5.74, 6) is 0.172. The maximum atomic E-state index is 12.2. The van der Waals surface area contributed by atoms with Crippen molar-refractivity contribution in [1.29, 1.82) is 0 Å². The van der Waals surface area contributed by atoms with Crippen molar-refractivity contribution in [3.05, 3.63) is 0 Å². The fourth-order valence-electron chi connectivity index (χ4n) is 2.22. The van der Waals surface area contributed by atoms with Crippen LogP contribution in [0.1, 0.15) is 20.3 Å². The van der Waals surface area contributed by atoms with Crippen LogP contribution in [-0.2, 0) is 4.79 Å². The van der Waals surface area contributed by atoms with Gasteiger partial charge in [-0.15, -0.1) is 0 Å². The van der Waals surface area contributed by atoms with Gasteiger partial charge in [0.05, 0.1) is 12.6 Å². The third kappa shape index (κ3) is 5.78. The molecular formula is C12H22F3N3O. The molecule has 1 unspecified atom stereocenters. The average molecular weight is 281 g/mol. The Morgan fingerprint density at radius 1 is 1.21 bits per heavy atom. The number of nitrogens with two attached hydrogens (primary N) is 1. The van der Waals surface area contributed by atoms with Gasteiger partial charge in [0.15, 0.2) is 0 Å². The van der Waals surface area contributed by atoms with Crippen LogP contribution in [0, 0.1) is 5.92 Å². The van der Waals surface area contributed by atoms with E-state index in [1.807, 2.05) is 13.8 Å². The van der Waals surface area contributed by atoms with Gasteiger partial charge in [-0.2, -0.15) is 13.2 Å². The first-order valence-electron chi connectivity index (χ1n) is 6.52. The van der Waals surface area contributed by atoms with Crippen LogP contribution in [0.5, 0.6) is 0 Å². The summed E-state index contributed by atoms with van der Waals surface area (Å²) in [4.78, 5) is 14.9. The Hall–Kier alpha value is -0.820. The summed E-state index contributed by atoms with van der Waals surface area (Å²) in [6, 6.07) is -0.547. The fourth-order valence-corrected chi connectivity index (χ4v) is 2.22. The van der Waals surface area contributed by atoms with Crippen molar-refractivity contribution < 1.29 is 18.0 Å². The van der Waals surface area contributed by atoms with Gasteiger partial charge < -0.3 is 10.6 Å². The van der Waals surface area contributed by atoms with Gasteiger partial charge in [-0.25, -0.2) is 0 Å². The minimum Gasteiger partial charge on any atom is -0.339 e. The molecule has 1 amide bonds. The molecule has 0 aromatic heterocycles. The van der Waals surface area contributed by atoms with Crippen molar-refractivity contribution in [1.82, 2.24) is 9.80 Å². The zero-order valence-electron chi connectivity index (χ0n) is 11.4. The SMILES string of the molecule is CC(C)CC(N)C(=O)N1CCN(CC(F)(F)F)CC1. The molecule has 19 heavy (non-hydrogen) atoms. The number of rotatable bonds is 4. The molecule has 1 saturated heterocycles. The van der Waals surface area contributed by atoms with E-state index in [9.17, 15) is 18.0 Å². The lowest BCUT2D eigenvalue weighted by atomic mass is 10.0. The van der Waals surface area contributed by atoms with E-state index >= 15 is 0 Å². The number of hydrogen-bond acceptors (Lipinski definition) is 3. The molecule has 1 aliphatic heterocycles. The van der Waals surface area contributed by atoms with Crippen LogP contribution < -0.4 is 5.73 Å². The standard InChI is InChI=1S/C12H22F3N3O/c1-9(2)7-10(16)11(19)18-5-3-17(4-6-18)8-12(13,14)15/h9-10H,3-8,16H2,1-2H3. The van der Waals surface area contributed by atoms with Gasteiger partial charge in [0, 0.05) is 26.2 Å². The van der Waals surface area contributed by atoms with Crippen LogP contribution in [-0.4, -0.2) is 60.6 Å². The zero-order valence-corrected chi connectivity index (χ0v) is 11.4. The first-order chi connectivity index (χ1) is 8.69. The maximum absolute atomic E-state index is 12.2. The molecule has 0 aliphatic carbocycles. The summed E-state index contributed by atoms with van der Waals surface area (Å²) in [7, 11) is 0. The number of carbonyl (C=O) groups is 1. The van der Waals surface area contributed by atoms with Crippen molar-refractivity contribution in [2.24, 2.45) is 11.7 Å². The van der Waals surface area contributed by atoms with Crippen LogP contribution in [0.2, 0.25) is 0 Å². The van der Waals surface area contributed by atoms with Gasteiger partial charge in [-0.3, -0.25) is 9.69 Å². The molecule has 0 radical (unpaired) electrons. The topological polar surface area (TPSA) is 49.6 Å². The van der Waals surface area contributed by atoms with Crippen LogP contribution in [0.3, 0.4) is 0 Å². The van der Waals surface area contributed by atoms with Crippen LogP contribution in [0.4, 0.5) is 13.2 Å². The summed E-state index contributed by atoms with van der Waals surface area (Å²) in [5.41, 5.74) is 5.80. The first kappa shape index (κ1) is 16.2. The Kier molecular flexibility index (Phi) is 5.61. The number of alkyl halides is 3. The monoisotopic (exact) mass is 281 g/mol. The van der Waals surface area contributed by atoms with Crippen molar-refractivity contribution in [3.63, 3.8) is 0 Å². The van der Waals surface area contributed by atoms with Crippen LogP contribution >= 0.6 is 0 Å². The van der Waals surface area contributed by atoms with E-state index in [4.69, 9.17) is 5.73 Å². The second-order valence-electron chi connectivity index (χ2n) is 5.45. The van der Waals surface area contributed by atoms with Crippen molar-refractivity contribution >= 4 is 5.91 Å². The predicted molar refractivity (Wildman–Crippen MR) is 66.5 cm³/mol. The zero-order chi connectivity index (χ0) is 14.6. The molecule has 0 saturated carbocycles. The minimum atomic E-state index is -4.18. The molecule has 0 aromatic rings. The Morgan fingerprint density at radius 2 is 1.74 bits per heavy atom. The molecule has 2 N–H and O–H groups in total. The highest BCUT2D eigenvalue weighted by Crippen LogP contribution is 2.17. The lowest BCUT2D eigenvalue weighted by molar-refractivity contribution is -0.152. The summed E-state index contributed by atoms with van der Waals surface area (Å²) >= 11 is 0. The summed E-state index contributed by atoms with van der Waals surface area (Å²) < 4.78 is 36.7. The van der Waals surface area contributed by atoms with Gasteiger partial charge >= 0.3 is 6.18 Å². The van der Waals surface area contributed by atoms with Gasteiger partial charge in [0.2, 0.25) is 5.91 Å². The second kappa shape index (κ2) is 6.56. The second-order valence-corrected chi connectivity index (χ2v) is 5.45. The molecule has 0 aromatic carbocycles. The van der Waals surface area contributed by atoms with Gasteiger partial charge in [-0.05, 0) is 12.3 Å². The molecule has 4 nitrogen and oxygen atoms in total. The van der Waals surface area contributed by atoms with Gasteiger partial charge in [0.25, 0.3) is 0 Å². The first-order valence-corrected chi connectivity index (χ1v) is 6.52. The number of carbonyl (C=O) groups excluding carboxylic acids is 1. The van der Waals surface area contributed by atoms with E-state index in [-0.39, 0.29) is 19.0 Å². The van der Waals surface area contributed by atoms with E-state index in [0.29, 0.717) is 25.4 Å². The van der Waals surface area contributed by atoms with E-state index in [1.165, 1.54) is 4.90 Å². The van der Waals surface area contributed by atoms with E-state index in [2.05, 4.69) is 0 Å². The van der Waals surface area contributed by atoms with Crippen molar-refractivity contribution in [2.75, 3.05) is 32.7 Å². The van der Waals surface area contributed by atoms with Crippen LogP contribution in [0.15, 0.2) is 0 Å². The molecule has 1 heterocycles. The molecule has 1 rings (SSSR count). The number of amides is 1. The Morgan fingerprint density at radius 3 is 2.16 bits per heavy atom. The maximum Gasteiger partial charge on any atom is 0.401 e. The number of halogens is 3. The predicted octanol–water partition coefficient (Wildman–Crippen LogP) is 1.07. The third-order valence-electron chi connectivity index (χ3n) is 3.13. The number of piperazine rings is 1. The molecular weight excluding hydrogens is 259 g/mol. The molecule has 0 spiro atoms. The average Bonchev–Trinajstić information content (AvgIpc) is 2.26. The highest BCUT2D eigenvalue weighted by molar-refractivity contribution is 5.81. The molecule has 1 aliphatic rings. The van der Waals surface area contributed by atoms with E-state index in [0.717, 1.165) is 0 Å². The lowest BCUT2D eigenvalue weighted by Crippen LogP contribution is -2.54. The summed E-state index contributed by atoms with van der Waals surface area (Å²) in [6.45, 7) is 4.19. The number of nitrogens with zero attached hydrogens (tertiary/aromatic N) is 2. The highest BCUT2D eigenvalue weighted by Gasteiger charge is 2.33. The smallest absolute Gasteiger partial charge is 0.339 e. The van der Waals surface area contributed by atoms with Gasteiger partial charge in [0.1, 0.15) is 0 Å². The Bertz CT molecular complexity index is 299. The molecule has 1 fully saturated rings. The lowest BCUT2D eigenvalue weighted by Gasteiger charge is -2.36. The Balaban J connectivity index is 2.39. The molecule has 112 valence electrons.